The number of anilines is 1. The molecule has 0 fully saturated rings. The van der Waals surface area contributed by atoms with Crippen molar-refractivity contribution in [1.29, 1.82) is 0 Å². The number of hydrogen-bond donors (Lipinski definition) is 2. The van der Waals surface area contributed by atoms with Gasteiger partial charge in [0, 0.05) is 5.69 Å². The molecule has 0 saturated carbocycles. The van der Waals surface area contributed by atoms with E-state index in [1.165, 1.54) is 12.1 Å². The van der Waals surface area contributed by atoms with Crippen LogP contribution in [0.5, 0.6) is 0 Å². The first-order valence-corrected chi connectivity index (χ1v) is 5.73. The van der Waals surface area contributed by atoms with Gasteiger partial charge >= 0.3 is 0 Å². The Balaban J connectivity index is 2.66. The molecule has 0 aliphatic rings. The van der Waals surface area contributed by atoms with Gasteiger partial charge in [0.2, 0.25) is 5.91 Å². The van der Waals surface area contributed by atoms with Crippen LogP contribution in [0.1, 0.15) is 5.56 Å². The molecule has 0 unspecified atom stereocenters. The molecule has 1 amide bonds. The molecular weight excluding hydrogens is 287 g/mol. The van der Waals surface area contributed by atoms with E-state index in [1.54, 1.807) is 6.92 Å². The van der Waals surface area contributed by atoms with E-state index in [2.05, 4.69) is 32.5 Å². The lowest BCUT2D eigenvalue weighted by atomic mass is 10.2. The number of aryl methyl sites for hydroxylation is 1. The fourth-order valence-electron chi connectivity index (χ4n) is 1.22. The van der Waals surface area contributed by atoms with Gasteiger partial charge in [-0.2, -0.15) is 0 Å². The minimum Gasteiger partial charge on any atom is -0.325 e. The number of rotatable bonds is 4. The number of amides is 1. The lowest BCUT2D eigenvalue weighted by Crippen LogP contribution is -2.28. The van der Waals surface area contributed by atoms with E-state index in [4.69, 9.17) is 6.42 Å². The Morgan fingerprint density at radius 3 is 2.94 bits per heavy atom. The molecule has 0 saturated heterocycles. The molecule has 5 heteroatoms. The Labute approximate surface area is 108 Å². The van der Waals surface area contributed by atoms with E-state index in [0.29, 0.717) is 22.3 Å². The molecule has 17 heavy (non-hydrogen) atoms. The number of hydrogen-bond acceptors (Lipinski definition) is 2. The minimum atomic E-state index is -0.356. The monoisotopic (exact) mass is 298 g/mol. The average Bonchev–Trinajstić information content (AvgIpc) is 2.26. The Bertz CT molecular complexity index is 468. The van der Waals surface area contributed by atoms with Crippen LogP contribution in [-0.2, 0) is 4.79 Å². The van der Waals surface area contributed by atoms with Crippen molar-refractivity contribution >= 4 is 27.5 Å². The summed E-state index contributed by atoms with van der Waals surface area (Å²) in [6.45, 7) is 2.18. The number of terminal acetylenes is 1. The Morgan fingerprint density at radius 2 is 2.29 bits per heavy atom. The summed E-state index contributed by atoms with van der Waals surface area (Å²) in [7, 11) is 0. The lowest BCUT2D eigenvalue weighted by Gasteiger charge is -2.09. The summed E-state index contributed by atoms with van der Waals surface area (Å²) in [5.74, 6) is 1.79. The van der Waals surface area contributed by atoms with Crippen molar-refractivity contribution in [3.8, 4) is 12.3 Å². The van der Waals surface area contributed by atoms with Gasteiger partial charge in [0.15, 0.2) is 0 Å². The highest BCUT2D eigenvalue weighted by Crippen LogP contribution is 2.23. The molecule has 90 valence electrons. The third-order valence-corrected chi connectivity index (χ3v) is 2.66. The second-order valence-electron chi connectivity index (χ2n) is 3.44. The highest BCUT2D eigenvalue weighted by Gasteiger charge is 2.08. The van der Waals surface area contributed by atoms with Crippen LogP contribution >= 0.6 is 15.9 Å². The van der Waals surface area contributed by atoms with Crippen molar-refractivity contribution < 1.29 is 9.18 Å². The largest absolute Gasteiger partial charge is 0.325 e. The van der Waals surface area contributed by atoms with E-state index in [-0.39, 0.29) is 18.3 Å². The number of benzene rings is 1. The van der Waals surface area contributed by atoms with Crippen LogP contribution in [0.25, 0.3) is 0 Å². The van der Waals surface area contributed by atoms with E-state index in [0.717, 1.165) is 0 Å². The van der Waals surface area contributed by atoms with Crippen LogP contribution < -0.4 is 10.6 Å². The number of carbonyl (C=O) groups is 1. The fourth-order valence-corrected chi connectivity index (χ4v) is 1.57. The second-order valence-corrected chi connectivity index (χ2v) is 4.29. The summed E-state index contributed by atoms with van der Waals surface area (Å²) in [6.07, 6.45) is 5.04. The maximum atomic E-state index is 13.2. The second kappa shape index (κ2) is 6.38. The van der Waals surface area contributed by atoms with Crippen molar-refractivity contribution in [2.24, 2.45) is 0 Å². The predicted molar refractivity (Wildman–Crippen MR) is 69.2 cm³/mol. The van der Waals surface area contributed by atoms with Gasteiger partial charge in [-0.15, -0.1) is 6.42 Å². The lowest BCUT2D eigenvalue weighted by molar-refractivity contribution is -0.115. The van der Waals surface area contributed by atoms with E-state index < -0.39 is 0 Å². The maximum absolute atomic E-state index is 13.2. The topological polar surface area (TPSA) is 41.1 Å². The molecule has 0 aliphatic heterocycles. The van der Waals surface area contributed by atoms with Crippen LogP contribution in [0.4, 0.5) is 10.1 Å². The Kier molecular flexibility index (Phi) is 5.13. The molecule has 1 aromatic carbocycles. The van der Waals surface area contributed by atoms with Gasteiger partial charge in [0.1, 0.15) is 5.82 Å². The zero-order valence-corrected chi connectivity index (χ0v) is 10.9. The number of nitrogens with one attached hydrogen (secondary N) is 2. The zero-order valence-electron chi connectivity index (χ0n) is 9.31. The van der Waals surface area contributed by atoms with Gasteiger partial charge in [0.25, 0.3) is 0 Å². The summed E-state index contributed by atoms with van der Waals surface area (Å²) in [6, 6.07) is 2.89. The third-order valence-electron chi connectivity index (χ3n) is 2.05. The Hall–Kier alpha value is -1.38. The van der Waals surface area contributed by atoms with Gasteiger partial charge in [0.05, 0.1) is 17.6 Å². The number of halogens is 2. The minimum absolute atomic E-state index is 0.124. The predicted octanol–water partition coefficient (Wildman–Crippen LogP) is 2.06. The van der Waals surface area contributed by atoms with Gasteiger partial charge < -0.3 is 5.32 Å². The van der Waals surface area contributed by atoms with Gasteiger partial charge in [-0.25, -0.2) is 4.39 Å². The first-order valence-electron chi connectivity index (χ1n) is 4.94. The van der Waals surface area contributed by atoms with E-state index in [1.807, 2.05) is 0 Å². The van der Waals surface area contributed by atoms with Crippen molar-refractivity contribution in [3.05, 3.63) is 28.0 Å². The van der Waals surface area contributed by atoms with E-state index >= 15 is 0 Å². The van der Waals surface area contributed by atoms with Crippen molar-refractivity contribution in [3.63, 3.8) is 0 Å². The summed E-state index contributed by atoms with van der Waals surface area (Å²) in [5, 5.41) is 5.44. The van der Waals surface area contributed by atoms with Crippen LogP contribution in [0.3, 0.4) is 0 Å². The smallest absolute Gasteiger partial charge is 0.238 e. The van der Waals surface area contributed by atoms with Crippen molar-refractivity contribution in [2.45, 2.75) is 6.92 Å². The first-order chi connectivity index (χ1) is 8.04. The molecular formula is C12H12BrFN2O. The third kappa shape index (κ3) is 4.17. The van der Waals surface area contributed by atoms with Gasteiger partial charge in [-0.1, -0.05) is 5.92 Å². The van der Waals surface area contributed by atoms with Crippen molar-refractivity contribution in [2.75, 3.05) is 18.4 Å². The molecule has 2 N–H and O–H groups in total. The SMILES string of the molecule is C#CCNCC(=O)Nc1cc(Br)c(F)cc1C. The average molecular weight is 299 g/mol. The molecule has 0 bridgehead atoms. The highest BCUT2D eigenvalue weighted by atomic mass is 79.9. The molecule has 3 nitrogen and oxygen atoms in total. The molecule has 0 aromatic heterocycles. The summed E-state index contributed by atoms with van der Waals surface area (Å²) < 4.78 is 13.5. The quantitative estimate of drug-likeness (QED) is 0.660. The molecule has 1 aromatic rings. The molecule has 1 rings (SSSR count). The zero-order chi connectivity index (χ0) is 12.8. The maximum Gasteiger partial charge on any atom is 0.238 e. The molecule has 0 radical (unpaired) electrons. The van der Waals surface area contributed by atoms with Crippen LogP contribution in [-0.4, -0.2) is 19.0 Å². The first kappa shape index (κ1) is 13.7. The molecule has 0 heterocycles. The fraction of sp³-hybridized carbons (Fsp3) is 0.250. The normalized spacial score (nSPS) is 9.76. The van der Waals surface area contributed by atoms with Crippen LogP contribution in [0.2, 0.25) is 0 Å². The van der Waals surface area contributed by atoms with Crippen LogP contribution in [0, 0.1) is 25.1 Å². The number of carbonyl (C=O) groups excluding carboxylic acids is 1. The van der Waals surface area contributed by atoms with Gasteiger partial charge in [-0.3, -0.25) is 10.1 Å². The van der Waals surface area contributed by atoms with Gasteiger partial charge in [-0.05, 0) is 40.5 Å². The highest BCUT2D eigenvalue weighted by molar-refractivity contribution is 9.10. The summed E-state index contributed by atoms with van der Waals surface area (Å²) >= 11 is 3.07. The summed E-state index contributed by atoms with van der Waals surface area (Å²) in [5.41, 5.74) is 1.24. The van der Waals surface area contributed by atoms with Crippen molar-refractivity contribution in [1.82, 2.24) is 5.32 Å². The standard InChI is InChI=1S/C12H12BrFN2O/c1-3-4-15-7-12(17)16-11-6-9(13)10(14)5-8(11)2/h1,5-6,15H,4,7H2,2H3,(H,16,17). The van der Waals surface area contributed by atoms with Crippen LogP contribution in [0.15, 0.2) is 16.6 Å². The molecule has 0 spiro atoms. The summed E-state index contributed by atoms with van der Waals surface area (Å²) in [4.78, 5) is 11.5. The Morgan fingerprint density at radius 1 is 1.59 bits per heavy atom. The molecule has 0 atom stereocenters. The van der Waals surface area contributed by atoms with E-state index in [9.17, 15) is 9.18 Å². The molecule has 0 aliphatic carbocycles.